The van der Waals surface area contributed by atoms with Gasteiger partial charge in [-0.1, -0.05) is 20.3 Å². The van der Waals surface area contributed by atoms with Gasteiger partial charge in [-0.25, -0.2) is 9.97 Å². The summed E-state index contributed by atoms with van der Waals surface area (Å²) in [5.41, 5.74) is 3.26. The number of rotatable bonds is 2. The van der Waals surface area contributed by atoms with E-state index in [1.807, 2.05) is 19.9 Å². The molecule has 2 aromatic heterocycles. The van der Waals surface area contributed by atoms with Crippen molar-refractivity contribution in [3.05, 3.63) is 23.7 Å². The highest BCUT2D eigenvalue weighted by Gasteiger charge is 2.38. The van der Waals surface area contributed by atoms with Gasteiger partial charge in [0.05, 0.1) is 5.38 Å². The lowest BCUT2D eigenvalue weighted by Crippen LogP contribution is -2.23. The van der Waals surface area contributed by atoms with E-state index in [9.17, 15) is 0 Å². The van der Waals surface area contributed by atoms with Gasteiger partial charge >= 0.3 is 0 Å². The topological polar surface area (TPSA) is 30.7 Å². The van der Waals surface area contributed by atoms with Crippen molar-refractivity contribution < 1.29 is 0 Å². The maximum absolute atomic E-state index is 6.38. The summed E-state index contributed by atoms with van der Waals surface area (Å²) in [5.74, 6) is 0.958. The highest BCUT2D eigenvalue weighted by molar-refractivity contribution is 6.20. The largest absolute Gasteiger partial charge is 0.308 e. The van der Waals surface area contributed by atoms with Crippen LogP contribution in [0.3, 0.4) is 0 Å². The molecule has 20 heavy (non-hydrogen) atoms. The van der Waals surface area contributed by atoms with E-state index < -0.39 is 0 Å². The molecule has 0 N–H and O–H groups in total. The molecule has 1 saturated carbocycles. The van der Waals surface area contributed by atoms with Crippen molar-refractivity contribution in [1.29, 1.82) is 0 Å². The van der Waals surface area contributed by atoms with Crippen LogP contribution in [0.15, 0.2) is 12.1 Å². The van der Waals surface area contributed by atoms with Crippen molar-refractivity contribution in [2.24, 2.45) is 5.41 Å². The molecular formula is C16H22ClN3. The number of hydrogen-bond acceptors (Lipinski definition) is 2. The zero-order valence-corrected chi connectivity index (χ0v) is 13.4. The summed E-state index contributed by atoms with van der Waals surface area (Å²) >= 11 is 6.38. The molecule has 0 aromatic carbocycles. The molecular weight excluding hydrogens is 270 g/mol. The summed E-state index contributed by atoms with van der Waals surface area (Å²) in [6.45, 7) is 8.71. The Labute approximate surface area is 125 Å². The molecule has 1 aliphatic carbocycles. The third-order valence-corrected chi connectivity index (χ3v) is 4.77. The SMILES string of the molecule is Cc1ccc2nc(C(C)Cl)n(C3CCCC3(C)C)c2n1. The van der Waals surface area contributed by atoms with Gasteiger partial charge in [-0.15, -0.1) is 11.6 Å². The van der Waals surface area contributed by atoms with Crippen LogP contribution in [0, 0.1) is 12.3 Å². The predicted molar refractivity (Wildman–Crippen MR) is 83.2 cm³/mol. The molecule has 0 bridgehead atoms. The first-order valence-corrected chi connectivity index (χ1v) is 7.83. The van der Waals surface area contributed by atoms with Crippen molar-refractivity contribution in [2.75, 3.05) is 0 Å². The van der Waals surface area contributed by atoms with Crippen LogP contribution in [0.1, 0.15) is 63.0 Å². The summed E-state index contributed by atoms with van der Waals surface area (Å²) in [6, 6.07) is 4.51. The minimum absolute atomic E-state index is 0.0964. The van der Waals surface area contributed by atoms with Gasteiger partial charge in [-0.2, -0.15) is 0 Å². The number of halogens is 1. The maximum atomic E-state index is 6.38. The minimum Gasteiger partial charge on any atom is -0.308 e. The van der Waals surface area contributed by atoms with Crippen LogP contribution in [0.25, 0.3) is 11.2 Å². The Bertz CT molecular complexity index is 642. The zero-order chi connectivity index (χ0) is 14.5. The molecule has 3 rings (SSSR count). The quantitative estimate of drug-likeness (QED) is 0.745. The number of alkyl halides is 1. The Morgan fingerprint density at radius 2 is 2.10 bits per heavy atom. The van der Waals surface area contributed by atoms with Crippen LogP contribution in [0.4, 0.5) is 0 Å². The molecule has 1 fully saturated rings. The van der Waals surface area contributed by atoms with Gasteiger partial charge in [-0.05, 0) is 44.2 Å². The molecule has 2 heterocycles. The first-order valence-electron chi connectivity index (χ1n) is 7.40. The van der Waals surface area contributed by atoms with Crippen LogP contribution < -0.4 is 0 Å². The Balaban J connectivity index is 2.26. The molecule has 108 valence electrons. The maximum Gasteiger partial charge on any atom is 0.160 e. The summed E-state index contributed by atoms with van der Waals surface area (Å²) in [7, 11) is 0. The lowest BCUT2D eigenvalue weighted by molar-refractivity contribution is 0.260. The van der Waals surface area contributed by atoms with Crippen LogP contribution in [0.5, 0.6) is 0 Å². The number of imidazole rings is 1. The van der Waals surface area contributed by atoms with Gasteiger partial charge in [0, 0.05) is 11.7 Å². The zero-order valence-electron chi connectivity index (χ0n) is 12.7. The number of nitrogens with zero attached hydrogens (tertiary/aromatic N) is 3. The molecule has 2 unspecified atom stereocenters. The standard InChI is InChI=1S/C16H22ClN3/c1-10-7-8-12-15(18-10)20(14(19-12)11(2)17)13-6-5-9-16(13,3)4/h7-8,11,13H,5-6,9H2,1-4H3. The second-order valence-corrected chi connectivity index (χ2v) is 7.30. The fourth-order valence-corrected chi connectivity index (χ4v) is 3.61. The van der Waals surface area contributed by atoms with Crippen molar-refractivity contribution >= 4 is 22.8 Å². The second kappa shape index (κ2) is 4.73. The monoisotopic (exact) mass is 291 g/mol. The van der Waals surface area contributed by atoms with Crippen molar-refractivity contribution in [3.63, 3.8) is 0 Å². The molecule has 4 heteroatoms. The van der Waals surface area contributed by atoms with Crippen molar-refractivity contribution in [1.82, 2.24) is 14.5 Å². The minimum atomic E-state index is -0.0964. The molecule has 3 nitrogen and oxygen atoms in total. The predicted octanol–water partition coefficient (Wildman–Crippen LogP) is 4.79. The molecule has 2 atom stereocenters. The van der Waals surface area contributed by atoms with E-state index >= 15 is 0 Å². The summed E-state index contributed by atoms with van der Waals surface area (Å²) in [5, 5.41) is -0.0964. The van der Waals surface area contributed by atoms with Crippen molar-refractivity contribution in [3.8, 4) is 0 Å². The average molecular weight is 292 g/mol. The van der Waals surface area contributed by atoms with Gasteiger partial charge in [-0.3, -0.25) is 0 Å². The van der Waals surface area contributed by atoms with Gasteiger partial charge in [0.25, 0.3) is 0 Å². The molecule has 0 saturated heterocycles. The fourth-order valence-electron chi connectivity index (χ4n) is 3.46. The van der Waals surface area contributed by atoms with E-state index in [0.717, 1.165) is 22.7 Å². The van der Waals surface area contributed by atoms with Crippen LogP contribution in [0.2, 0.25) is 0 Å². The van der Waals surface area contributed by atoms with E-state index in [1.165, 1.54) is 19.3 Å². The number of aryl methyl sites for hydroxylation is 1. The van der Waals surface area contributed by atoms with E-state index in [2.05, 4.69) is 24.5 Å². The molecule has 2 aromatic rings. The highest BCUT2D eigenvalue weighted by Crippen LogP contribution is 2.48. The van der Waals surface area contributed by atoms with Crippen molar-refractivity contribution in [2.45, 2.75) is 58.4 Å². The van der Waals surface area contributed by atoms with E-state index in [-0.39, 0.29) is 10.8 Å². The Morgan fingerprint density at radius 1 is 1.35 bits per heavy atom. The Kier molecular flexibility index (Phi) is 3.28. The highest BCUT2D eigenvalue weighted by atomic mass is 35.5. The van der Waals surface area contributed by atoms with Gasteiger partial charge in [0.2, 0.25) is 0 Å². The molecule has 1 aliphatic rings. The number of hydrogen-bond donors (Lipinski definition) is 0. The average Bonchev–Trinajstić information content (AvgIpc) is 2.88. The lowest BCUT2D eigenvalue weighted by atomic mass is 9.87. The normalized spacial score (nSPS) is 23.4. The smallest absolute Gasteiger partial charge is 0.160 e. The summed E-state index contributed by atoms with van der Waals surface area (Å²) in [4.78, 5) is 9.46. The first-order chi connectivity index (χ1) is 9.40. The fraction of sp³-hybridized carbons (Fsp3) is 0.625. The number of pyridine rings is 1. The lowest BCUT2D eigenvalue weighted by Gasteiger charge is -2.30. The summed E-state index contributed by atoms with van der Waals surface area (Å²) in [6.07, 6.45) is 3.70. The van der Waals surface area contributed by atoms with E-state index in [4.69, 9.17) is 21.6 Å². The van der Waals surface area contributed by atoms with Gasteiger partial charge in [0.1, 0.15) is 11.3 Å². The second-order valence-electron chi connectivity index (χ2n) is 6.65. The molecule has 0 spiro atoms. The first kappa shape index (κ1) is 13.9. The third-order valence-electron chi connectivity index (χ3n) is 4.57. The number of fused-ring (bicyclic) bond motifs is 1. The number of aromatic nitrogens is 3. The van der Waals surface area contributed by atoms with E-state index in [0.29, 0.717) is 6.04 Å². The molecule has 0 aliphatic heterocycles. The Morgan fingerprint density at radius 3 is 2.70 bits per heavy atom. The third kappa shape index (κ3) is 2.12. The van der Waals surface area contributed by atoms with Crippen LogP contribution in [-0.4, -0.2) is 14.5 Å². The Hall–Kier alpha value is -1.09. The van der Waals surface area contributed by atoms with E-state index in [1.54, 1.807) is 0 Å². The van der Waals surface area contributed by atoms with Gasteiger partial charge in [0.15, 0.2) is 5.65 Å². The van der Waals surface area contributed by atoms with Crippen LogP contribution >= 0.6 is 11.6 Å². The molecule has 0 amide bonds. The molecule has 0 radical (unpaired) electrons. The van der Waals surface area contributed by atoms with Gasteiger partial charge < -0.3 is 4.57 Å². The van der Waals surface area contributed by atoms with Crippen LogP contribution in [-0.2, 0) is 0 Å². The summed E-state index contributed by atoms with van der Waals surface area (Å²) < 4.78 is 2.31.